The fraction of sp³-hybridized carbons (Fsp3) is 0.633. The zero-order valence-electron chi connectivity index (χ0n) is 43.4. The summed E-state index contributed by atoms with van der Waals surface area (Å²) in [5.74, 6) is -0.717. The highest BCUT2D eigenvalue weighted by Crippen LogP contribution is 2.34. The van der Waals surface area contributed by atoms with E-state index in [2.05, 4.69) is 26.3 Å². The molecule has 0 aliphatic carbocycles. The van der Waals surface area contributed by atoms with Crippen LogP contribution < -0.4 is 26.2 Å². The molecule has 7 rings (SSSR count). The Labute approximate surface area is 436 Å². The molecule has 24 nitrogen and oxygen atoms in total. The maximum absolute atomic E-state index is 13.3. The molecular formula is C49H74ClN11O13. The van der Waals surface area contributed by atoms with E-state index in [-0.39, 0.29) is 42.5 Å². The fourth-order valence-corrected chi connectivity index (χ4v) is 8.57. The van der Waals surface area contributed by atoms with Crippen LogP contribution in [0, 0.1) is 5.92 Å². The van der Waals surface area contributed by atoms with Crippen molar-refractivity contribution in [2.75, 3.05) is 96.1 Å². The number of imidazole rings is 1. The second kappa shape index (κ2) is 29.3. The molecule has 4 amide bonds. The number of carboxylic acid groups (broad SMARTS) is 1. The van der Waals surface area contributed by atoms with Crippen molar-refractivity contribution in [1.82, 2.24) is 39.8 Å². The Morgan fingerprint density at radius 1 is 0.932 bits per heavy atom. The highest BCUT2D eigenvalue weighted by Gasteiger charge is 2.44. The van der Waals surface area contributed by atoms with Crippen LogP contribution in [0.5, 0.6) is 0 Å². The topological polar surface area (TPSA) is 303 Å². The molecule has 410 valence electrons. The summed E-state index contributed by atoms with van der Waals surface area (Å²) in [6, 6.07) is 5.60. The molecule has 0 spiro atoms. The Bertz CT molecular complexity index is 2320. The van der Waals surface area contributed by atoms with E-state index < -0.39 is 41.5 Å². The van der Waals surface area contributed by atoms with E-state index in [0.717, 1.165) is 30.5 Å². The molecule has 0 saturated carbocycles. The number of piperazine rings is 1. The first-order chi connectivity index (χ1) is 35.3. The average Bonchev–Trinajstić information content (AvgIpc) is 3.94. The molecule has 4 unspecified atom stereocenters. The Balaban J connectivity index is 0.000000392. The van der Waals surface area contributed by atoms with Crippen LogP contribution in [0.15, 0.2) is 36.8 Å². The van der Waals surface area contributed by atoms with Crippen LogP contribution in [0.25, 0.3) is 5.65 Å². The number of pyridine rings is 1. The molecule has 4 fully saturated rings. The molecule has 4 saturated heterocycles. The van der Waals surface area contributed by atoms with Crippen LogP contribution in [0.3, 0.4) is 0 Å². The molecule has 0 aromatic carbocycles. The first kappa shape index (κ1) is 60.7. The summed E-state index contributed by atoms with van der Waals surface area (Å²) in [5, 5.41) is 26.0. The number of halogens is 1. The van der Waals surface area contributed by atoms with Crippen molar-refractivity contribution >= 4 is 71.4 Å². The van der Waals surface area contributed by atoms with E-state index in [0.29, 0.717) is 108 Å². The number of hydrogen-bond acceptors (Lipinski definition) is 19. The summed E-state index contributed by atoms with van der Waals surface area (Å²) in [5.41, 5.74) is 4.38. The Kier molecular flexibility index (Phi) is 24.0. The van der Waals surface area contributed by atoms with Gasteiger partial charge in [-0.2, -0.15) is 4.98 Å². The van der Waals surface area contributed by atoms with Gasteiger partial charge in [0.1, 0.15) is 34.9 Å². The lowest BCUT2D eigenvalue weighted by atomic mass is 9.91. The van der Waals surface area contributed by atoms with Crippen LogP contribution in [0.1, 0.15) is 78.8 Å². The summed E-state index contributed by atoms with van der Waals surface area (Å²) in [6.07, 6.45) is 5.37. The molecule has 74 heavy (non-hydrogen) atoms. The lowest BCUT2D eigenvalue weighted by Gasteiger charge is -2.43. The van der Waals surface area contributed by atoms with E-state index >= 15 is 0 Å². The zero-order valence-corrected chi connectivity index (χ0v) is 44.2. The number of fused-ring (bicyclic) bond motifs is 1. The van der Waals surface area contributed by atoms with E-state index in [1.807, 2.05) is 66.4 Å². The lowest BCUT2D eigenvalue weighted by Crippen LogP contribution is -2.57. The van der Waals surface area contributed by atoms with Gasteiger partial charge in [0, 0.05) is 90.0 Å². The Hall–Kier alpha value is -5.89. The molecule has 4 aliphatic rings. The third-order valence-corrected chi connectivity index (χ3v) is 12.7. The maximum Gasteiger partial charge on any atom is 0.410 e. The van der Waals surface area contributed by atoms with Crippen LogP contribution in [-0.4, -0.2) is 198 Å². The number of ether oxygens (including phenoxy) is 4. The first-order valence-corrected chi connectivity index (χ1v) is 25.1. The summed E-state index contributed by atoms with van der Waals surface area (Å²) in [7, 11) is 3.32. The van der Waals surface area contributed by atoms with Crippen molar-refractivity contribution in [3.8, 4) is 0 Å². The number of aliphatic hydroxyl groups is 1. The standard InChI is InChI=1S/C33H43ClN8O7.C11H17NO5.C4H9NO.CH5N/c1-19-16-39(31(47)49-33(4,5)25-13-21(43)12-23(48-25)29(45)46)10-11-41(19)30-36-14-22(34)27(37-30)40-17-20(18-40)28(44)38-32(2,3)24-15-35-26-8-6-7-9-42(24)26;13-5-1-6-16-8-9-17-7-4-12-10(14)2-3-11(12)15;1-5-3-2-4-6;1-2/h6-9,14-15,19-21,23,25,43H,10-13,16-18H2,1-5H3,(H,38,44)(H,45,46);5H,1-4,6-9H2;4-5H,2-3H2,1H3;2H2,1H3. The van der Waals surface area contributed by atoms with E-state index in [9.17, 15) is 43.8 Å². The lowest BCUT2D eigenvalue weighted by molar-refractivity contribution is -0.189. The second-order valence-corrected chi connectivity index (χ2v) is 19.3. The minimum Gasteiger partial charge on any atom is -0.479 e. The predicted octanol–water partition coefficient (Wildman–Crippen LogP) is 1.81. The highest BCUT2D eigenvalue weighted by molar-refractivity contribution is 6.32. The van der Waals surface area contributed by atoms with Crippen molar-refractivity contribution in [1.29, 1.82) is 0 Å². The number of aldehydes is 2. The van der Waals surface area contributed by atoms with Crippen molar-refractivity contribution in [3.63, 3.8) is 0 Å². The monoisotopic (exact) mass is 1060 g/mol. The van der Waals surface area contributed by atoms with Gasteiger partial charge in [0.05, 0.1) is 68.6 Å². The molecule has 3 aromatic heterocycles. The summed E-state index contributed by atoms with van der Waals surface area (Å²) < 4.78 is 23.8. The predicted molar refractivity (Wildman–Crippen MR) is 273 cm³/mol. The summed E-state index contributed by atoms with van der Waals surface area (Å²) in [4.78, 5) is 100. The average molecular weight is 1060 g/mol. The van der Waals surface area contributed by atoms with Crippen molar-refractivity contribution in [3.05, 3.63) is 47.5 Å². The van der Waals surface area contributed by atoms with Crippen LogP contribution in [-0.2, 0) is 53.3 Å². The number of carbonyl (C=O) groups excluding carboxylic acids is 6. The number of nitrogens with two attached hydrogens (primary N) is 1. The number of nitrogens with zero attached hydrogens (tertiary/aromatic N) is 8. The first-order valence-electron chi connectivity index (χ1n) is 24.7. The number of carboxylic acids is 1. The van der Waals surface area contributed by atoms with Gasteiger partial charge in [0.15, 0.2) is 11.9 Å². The number of imide groups is 1. The number of aromatic nitrogens is 4. The van der Waals surface area contributed by atoms with Crippen molar-refractivity contribution < 1.29 is 62.7 Å². The Morgan fingerprint density at radius 3 is 2.23 bits per heavy atom. The number of aliphatic carboxylic acids is 1. The largest absolute Gasteiger partial charge is 0.479 e. The van der Waals surface area contributed by atoms with E-state index in [4.69, 9.17) is 35.5 Å². The SMILES string of the molecule is CC1CN(C(=O)OC(C)(C)C2CC(O)CC(C(=O)O)O2)CCN1c1ncc(Cl)c(N2CC(C(=O)NC(C)(C)c3cnc4ccccn34)C2)n1.CN.CNCCC=O.O=CCCOCCOCCN1C(=O)CCC1=O. The second-order valence-electron chi connectivity index (χ2n) is 18.8. The molecule has 4 aliphatic heterocycles. The van der Waals surface area contributed by atoms with Gasteiger partial charge in [0.2, 0.25) is 23.7 Å². The molecule has 4 atom stereocenters. The van der Waals surface area contributed by atoms with Gasteiger partial charge in [-0.3, -0.25) is 19.3 Å². The smallest absolute Gasteiger partial charge is 0.410 e. The number of likely N-dealkylation sites (tertiary alicyclic amines) is 1. The van der Waals surface area contributed by atoms with Crippen LogP contribution in [0.4, 0.5) is 16.6 Å². The summed E-state index contributed by atoms with van der Waals surface area (Å²) in [6.45, 7) is 13.8. The molecular weight excluding hydrogens is 986 g/mol. The molecule has 3 aromatic rings. The number of anilines is 2. The number of aliphatic hydroxyl groups excluding tert-OH is 1. The number of carbonyl (C=O) groups is 7. The molecule has 0 radical (unpaired) electrons. The zero-order chi connectivity index (χ0) is 54.6. The van der Waals surface area contributed by atoms with Gasteiger partial charge in [0.25, 0.3) is 0 Å². The molecule has 6 N–H and O–H groups in total. The van der Waals surface area contributed by atoms with E-state index in [1.165, 1.54) is 11.9 Å². The minimum atomic E-state index is -1.17. The number of nitrogens with one attached hydrogen (secondary N) is 2. The molecule has 7 heterocycles. The van der Waals surface area contributed by atoms with Crippen LogP contribution in [0.2, 0.25) is 5.02 Å². The van der Waals surface area contributed by atoms with Crippen molar-refractivity contribution in [2.24, 2.45) is 11.7 Å². The van der Waals surface area contributed by atoms with Gasteiger partial charge in [-0.15, -0.1) is 0 Å². The number of rotatable bonds is 20. The molecule has 0 bridgehead atoms. The quantitative estimate of drug-likeness (QED) is 0.0612. The van der Waals surface area contributed by atoms with Gasteiger partial charge in [-0.05, 0) is 60.8 Å². The number of amides is 4. The van der Waals surface area contributed by atoms with E-state index in [1.54, 1.807) is 31.1 Å². The van der Waals surface area contributed by atoms with Crippen molar-refractivity contribution in [2.45, 2.75) is 109 Å². The molecule has 25 heteroatoms. The maximum atomic E-state index is 13.3. The Morgan fingerprint density at radius 2 is 1.61 bits per heavy atom. The highest BCUT2D eigenvalue weighted by atomic mass is 35.5. The summed E-state index contributed by atoms with van der Waals surface area (Å²) >= 11 is 6.54. The van der Waals surface area contributed by atoms with Gasteiger partial charge in [-0.1, -0.05) is 17.7 Å². The third-order valence-electron chi connectivity index (χ3n) is 12.5. The normalized spacial score (nSPS) is 20.0. The fourth-order valence-electron chi connectivity index (χ4n) is 8.36. The minimum absolute atomic E-state index is 0.0132. The van der Waals surface area contributed by atoms with Crippen LogP contribution >= 0.6 is 11.6 Å². The number of hydrogen-bond donors (Lipinski definition) is 5. The van der Waals surface area contributed by atoms with Gasteiger partial charge >= 0.3 is 12.1 Å². The van der Waals surface area contributed by atoms with Gasteiger partial charge in [-0.25, -0.2) is 19.6 Å². The van der Waals surface area contributed by atoms with Gasteiger partial charge < -0.3 is 74.2 Å². The third kappa shape index (κ3) is 17.1.